The van der Waals surface area contributed by atoms with Crippen molar-refractivity contribution in [2.75, 3.05) is 0 Å². The molecule has 0 radical (unpaired) electrons. The zero-order valence-electron chi connectivity index (χ0n) is 8.54. The molecule has 0 amide bonds. The summed E-state index contributed by atoms with van der Waals surface area (Å²) in [6.07, 6.45) is -0.344. The van der Waals surface area contributed by atoms with E-state index in [-0.39, 0.29) is 17.0 Å². The van der Waals surface area contributed by atoms with E-state index in [0.29, 0.717) is 0 Å². The molecular weight excluding hydrogens is 235 g/mol. The molecule has 0 aromatic heterocycles. The average Bonchev–Trinajstić information content (AvgIpc) is 2.16. The van der Waals surface area contributed by atoms with Gasteiger partial charge in [-0.3, -0.25) is 9.59 Å². The lowest BCUT2D eigenvalue weighted by Crippen LogP contribution is -2.17. The van der Waals surface area contributed by atoms with Crippen LogP contribution in [0.25, 0.3) is 0 Å². The van der Waals surface area contributed by atoms with Gasteiger partial charge in [-0.05, 0) is 12.1 Å². The minimum atomic E-state index is -1.10. The van der Waals surface area contributed by atoms with Gasteiger partial charge in [-0.15, -0.1) is 0 Å². The smallest absolute Gasteiger partial charge is 0.304 e. The van der Waals surface area contributed by atoms with Gasteiger partial charge in [0.25, 0.3) is 0 Å². The molecule has 86 valence electrons. The van der Waals surface area contributed by atoms with E-state index in [9.17, 15) is 14.0 Å². The predicted molar refractivity (Wildman–Crippen MR) is 57.2 cm³/mol. The second kappa shape index (κ2) is 5.07. The molecule has 1 rings (SSSR count). The van der Waals surface area contributed by atoms with Crippen LogP contribution in [-0.2, 0) is 4.79 Å². The number of hydrogen-bond donors (Lipinski definition) is 1. The van der Waals surface area contributed by atoms with Crippen LogP contribution < -0.4 is 0 Å². The summed E-state index contributed by atoms with van der Waals surface area (Å²) in [5.41, 5.74) is -0.238. The largest absolute Gasteiger partial charge is 0.481 e. The highest BCUT2D eigenvalue weighted by molar-refractivity contribution is 6.34. The first kappa shape index (κ1) is 12.6. The van der Waals surface area contributed by atoms with Crippen molar-refractivity contribution < 1.29 is 19.1 Å². The van der Waals surface area contributed by atoms with Crippen LogP contribution in [0.3, 0.4) is 0 Å². The van der Waals surface area contributed by atoms with Crippen molar-refractivity contribution in [1.82, 2.24) is 0 Å². The minimum absolute atomic E-state index is 0.00207. The topological polar surface area (TPSA) is 54.4 Å². The zero-order valence-corrected chi connectivity index (χ0v) is 9.29. The van der Waals surface area contributed by atoms with E-state index in [2.05, 4.69) is 0 Å². The molecule has 0 fully saturated rings. The molecule has 0 aliphatic rings. The van der Waals surface area contributed by atoms with Gasteiger partial charge < -0.3 is 5.11 Å². The molecule has 0 spiro atoms. The summed E-state index contributed by atoms with van der Waals surface area (Å²) in [5, 5.41) is 8.54. The molecule has 0 heterocycles. The molecule has 0 saturated heterocycles. The highest BCUT2D eigenvalue weighted by atomic mass is 35.5. The molecule has 5 heteroatoms. The summed E-state index contributed by atoms with van der Waals surface area (Å²) in [7, 11) is 0. The van der Waals surface area contributed by atoms with Crippen LogP contribution in [0, 0.1) is 11.7 Å². The fraction of sp³-hybridized carbons (Fsp3) is 0.273. The Morgan fingerprint density at radius 1 is 1.50 bits per heavy atom. The third kappa shape index (κ3) is 2.79. The standard InChI is InChI=1S/C11H10ClFO3/c1-6(5-9(14)15)11(16)10-7(12)3-2-4-8(10)13/h2-4,6H,5H2,1H3,(H,14,15). The summed E-state index contributed by atoms with van der Waals surface area (Å²) < 4.78 is 13.3. The molecule has 0 aliphatic carbocycles. The van der Waals surface area contributed by atoms with Crippen molar-refractivity contribution in [2.24, 2.45) is 5.92 Å². The van der Waals surface area contributed by atoms with E-state index < -0.39 is 23.5 Å². The molecule has 0 saturated carbocycles. The summed E-state index contributed by atoms with van der Waals surface area (Å²) in [5.74, 6) is -3.22. The predicted octanol–water partition coefficient (Wildman–Crippen LogP) is 2.77. The number of ketones is 1. The maximum atomic E-state index is 13.3. The number of Topliss-reactive ketones (excluding diaryl/α,β-unsaturated/α-hetero) is 1. The van der Waals surface area contributed by atoms with Gasteiger partial charge in [0.2, 0.25) is 0 Å². The Morgan fingerprint density at radius 2 is 2.12 bits per heavy atom. The van der Waals surface area contributed by atoms with E-state index in [1.165, 1.54) is 19.1 Å². The van der Waals surface area contributed by atoms with Gasteiger partial charge in [0.05, 0.1) is 17.0 Å². The number of aliphatic carboxylic acids is 1. The van der Waals surface area contributed by atoms with E-state index in [1.54, 1.807) is 0 Å². The molecule has 1 aromatic carbocycles. The van der Waals surface area contributed by atoms with Crippen molar-refractivity contribution in [2.45, 2.75) is 13.3 Å². The number of carboxylic acids is 1. The minimum Gasteiger partial charge on any atom is -0.481 e. The normalized spacial score (nSPS) is 12.2. The van der Waals surface area contributed by atoms with Gasteiger partial charge in [0, 0.05) is 5.92 Å². The first-order valence-corrected chi connectivity index (χ1v) is 5.01. The van der Waals surface area contributed by atoms with Crippen molar-refractivity contribution in [3.8, 4) is 0 Å². The van der Waals surface area contributed by atoms with E-state index in [1.807, 2.05) is 0 Å². The fourth-order valence-electron chi connectivity index (χ4n) is 1.33. The lowest BCUT2D eigenvalue weighted by Gasteiger charge is -2.09. The second-order valence-electron chi connectivity index (χ2n) is 3.46. The number of benzene rings is 1. The molecular formula is C11H10ClFO3. The molecule has 1 N–H and O–H groups in total. The number of halogens is 2. The van der Waals surface area contributed by atoms with E-state index in [0.717, 1.165) is 6.07 Å². The van der Waals surface area contributed by atoms with Crippen molar-refractivity contribution >= 4 is 23.4 Å². The lowest BCUT2D eigenvalue weighted by atomic mass is 9.96. The Hall–Kier alpha value is -1.42. The first-order valence-electron chi connectivity index (χ1n) is 4.63. The third-order valence-corrected chi connectivity index (χ3v) is 2.45. The second-order valence-corrected chi connectivity index (χ2v) is 3.87. The van der Waals surface area contributed by atoms with Crippen LogP contribution in [0.15, 0.2) is 18.2 Å². The van der Waals surface area contributed by atoms with Crippen molar-refractivity contribution in [3.05, 3.63) is 34.6 Å². The summed E-state index contributed by atoms with van der Waals surface area (Å²) >= 11 is 5.70. The maximum Gasteiger partial charge on any atom is 0.304 e. The van der Waals surface area contributed by atoms with Gasteiger partial charge >= 0.3 is 5.97 Å². The quantitative estimate of drug-likeness (QED) is 0.829. The number of carboxylic acid groups (broad SMARTS) is 1. The highest BCUT2D eigenvalue weighted by Crippen LogP contribution is 2.23. The van der Waals surface area contributed by atoms with Crippen LogP contribution in [0.4, 0.5) is 4.39 Å². The van der Waals surface area contributed by atoms with Gasteiger partial charge in [0.1, 0.15) is 5.82 Å². The maximum absolute atomic E-state index is 13.3. The van der Waals surface area contributed by atoms with Crippen LogP contribution in [0.1, 0.15) is 23.7 Å². The molecule has 0 aliphatic heterocycles. The molecule has 3 nitrogen and oxygen atoms in total. The Labute approximate surface area is 96.8 Å². The van der Waals surface area contributed by atoms with Gasteiger partial charge in [-0.2, -0.15) is 0 Å². The molecule has 16 heavy (non-hydrogen) atoms. The average molecular weight is 245 g/mol. The van der Waals surface area contributed by atoms with E-state index >= 15 is 0 Å². The van der Waals surface area contributed by atoms with Crippen LogP contribution in [0.2, 0.25) is 5.02 Å². The summed E-state index contributed by atoms with van der Waals surface area (Å²) in [4.78, 5) is 22.2. The van der Waals surface area contributed by atoms with Crippen molar-refractivity contribution in [3.63, 3.8) is 0 Å². The number of hydrogen-bond acceptors (Lipinski definition) is 2. The molecule has 0 bridgehead atoms. The van der Waals surface area contributed by atoms with Gasteiger partial charge in [-0.1, -0.05) is 24.6 Å². The third-order valence-electron chi connectivity index (χ3n) is 2.14. The number of carbonyl (C=O) groups is 2. The molecule has 1 atom stereocenters. The summed E-state index contributed by atoms with van der Waals surface area (Å²) in [6.45, 7) is 1.43. The Kier molecular flexibility index (Phi) is 4.01. The van der Waals surface area contributed by atoms with Crippen LogP contribution in [-0.4, -0.2) is 16.9 Å². The first-order chi connectivity index (χ1) is 7.43. The van der Waals surface area contributed by atoms with Crippen LogP contribution in [0.5, 0.6) is 0 Å². The molecule has 1 unspecified atom stereocenters. The molecule has 1 aromatic rings. The fourth-order valence-corrected chi connectivity index (χ4v) is 1.59. The Morgan fingerprint density at radius 3 is 2.62 bits per heavy atom. The lowest BCUT2D eigenvalue weighted by molar-refractivity contribution is -0.137. The number of rotatable bonds is 4. The Bertz CT molecular complexity index is 411. The zero-order chi connectivity index (χ0) is 12.3. The SMILES string of the molecule is CC(CC(=O)O)C(=O)c1c(F)cccc1Cl. The Balaban J connectivity index is 3.00. The highest BCUT2D eigenvalue weighted by Gasteiger charge is 2.23. The van der Waals surface area contributed by atoms with E-state index in [4.69, 9.17) is 16.7 Å². The summed E-state index contributed by atoms with van der Waals surface area (Å²) in [6, 6.07) is 3.90. The van der Waals surface area contributed by atoms with Crippen LogP contribution >= 0.6 is 11.6 Å². The monoisotopic (exact) mass is 244 g/mol. The van der Waals surface area contributed by atoms with Gasteiger partial charge in [0.15, 0.2) is 5.78 Å². The number of carbonyl (C=O) groups excluding carboxylic acids is 1. The van der Waals surface area contributed by atoms with Gasteiger partial charge in [-0.25, -0.2) is 4.39 Å². The van der Waals surface area contributed by atoms with Crippen molar-refractivity contribution in [1.29, 1.82) is 0 Å².